The van der Waals surface area contributed by atoms with Crippen molar-refractivity contribution >= 4 is 20.2 Å². The topological polar surface area (TPSA) is 52.6 Å². The first-order valence-electron chi connectivity index (χ1n) is 1.65. The molecule has 0 bridgehead atoms. The SMILES string of the molecule is COS(=O)S(=O)OC. The normalized spacial score (nSPS) is 17.8. The van der Waals surface area contributed by atoms with Gasteiger partial charge in [-0.1, -0.05) is 0 Å². The molecule has 0 aromatic heterocycles. The van der Waals surface area contributed by atoms with Gasteiger partial charge in [0.2, 0.25) is 0 Å². The maximum atomic E-state index is 10.2. The van der Waals surface area contributed by atoms with E-state index in [1.54, 1.807) is 0 Å². The summed E-state index contributed by atoms with van der Waals surface area (Å²) in [6.07, 6.45) is 0. The summed E-state index contributed by atoms with van der Waals surface area (Å²) in [5.74, 6) is 0. The molecule has 8 heavy (non-hydrogen) atoms. The van der Waals surface area contributed by atoms with E-state index < -0.39 is 20.2 Å². The maximum absolute atomic E-state index is 10.2. The summed E-state index contributed by atoms with van der Waals surface area (Å²) in [5, 5.41) is 0. The van der Waals surface area contributed by atoms with Gasteiger partial charge in [0.1, 0.15) is 0 Å². The minimum Gasteiger partial charge on any atom is -0.282 e. The van der Waals surface area contributed by atoms with E-state index in [1.807, 2.05) is 0 Å². The van der Waals surface area contributed by atoms with Crippen LogP contribution in [0.3, 0.4) is 0 Å². The fourth-order valence-electron chi connectivity index (χ4n) is 0.111. The maximum Gasteiger partial charge on any atom is 0.277 e. The van der Waals surface area contributed by atoms with Crippen LogP contribution in [-0.4, -0.2) is 22.6 Å². The lowest BCUT2D eigenvalue weighted by atomic mass is 11.8. The Morgan fingerprint density at radius 1 is 1.00 bits per heavy atom. The standard InChI is InChI=1S/C2H6O4S2/c1-5-7(3)8(4)6-2/h1-2H3. The van der Waals surface area contributed by atoms with E-state index in [2.05, 4.69) is 8.37 Å². The predicted octanol–water partition coefficient (Wildman–Crippen LogP) is -0.478. The minimum absolute atomic E-state index is 1.19. The molecule has 0 aliphatic heterocycles. The van der Waals surface area contributed by atoms with Crippen molar-refractivity contribution in [3.8, 4) is 0 Å². The van der Waals surface area contributed by atoms with E-state index in [4.69, 9.17) is 0 Å². The van der Waals surface area contributed by atoms with Crippen LogP contribution in [0.15, 0.2) is 0 Å². The predicted molar refractivity (Wildman–Crippen MR) is 30.3 cm³/mol. The molecule has 0 aliphatic rings. The van der Waals surface area contributed by atoms with Gasteiger partial charge in [-0.3, -0.25) is 8.37 Å². The van der Waals surface area contributed by atoms with Crippen LogP contribution in [-0.2, 0) is 28.6 Å². The highest BCUT2D eigenvalue weighted by molar-refractivity contribution is 8.57. The third-order valence-corrected chi connectivity index (χ3v) is 2.63. The first kappa shape index (κ1) is 8.22. The largest absolute Gasteiger partial charge is 0.282 e. The van der Waals surface area contributed by atoms with Gasteiger partial charge in [0.25, 0.3) is 20.2 Å². The molecule has 0 radical (unpaired) electrons. The Bertz CT molecular complexity index is 96.6. The second-order valence-electron chi connectivity index (χ2n) is 0.742. The Morgan fingerprint density at radius 2 is 1.25 bits per heavy atom. The quantitative estimate of drug-likeness (QED) is 0.521. The molecule has 0 N–H and O–H groups in total. The summed E-state index contributed by atoms with van der Waals surface area (Å²) in [5.41, 5.74) is 0. The van der Waals surface area contributed by atoms with E-state index in [0.29, 0.717) is 0 Å². The van der Waals surface area contributed by atoms with Crippen LogP contribution in [0.25, 0.3) is 0 Å². The van der Waals surface area contributed by atoms with Crippen LogP contribution < -0.4 is 0 Å². The van der Waals surface area contributed by atoms with Crippen LogP contribution in [0.2, 0.25) is 0 Å². The molecule has 0 amide bonds. The zero-order chi connectivity index (χ0) is 6.57. The van der Waals surface area contributed by atoms with Crippen molar-refractivity contribution in [1.29, 1.82) is 0 Å². The smallest absolute Gasteiger partial charge is 0.277 e. The van der Waals surface area contributed by atoms with Crippen LogP contribution in [0.1, 0.15) is 0 Å². The van der Waals surface area contributed by atoms with Gasteiger partial charge < -0.3 is 0 Å². The van der Waals surface area contributed by atoms with E-state index in [9.17, 15) is 8.42 Å². The van der Waals surface area contributed by atoms with Crippen LogP contribution in [0, 0.1) is 0 Å². The lowest BCUT2D eigenvalue weighted by Crippen LogP contribution is -2.01. The van der Waals surface area contributed by atoms with Gasteiger partial charge in [0.15, 0.2) is 0 Å². The lowest BCUT2D eigenvalue weighted by Gasteiger charge is -1.91. The van der Waals surface area contributed by atoms with Crippen molar-refractivity contribution < 1.29 is 16.8 Å². The Hall–Kier alpha value is 0.220. The first-order chi connectivity index (χ1) is 3.72. The van der Waals surface area contributed by atoms with Gasteiger partial charge in [-0.05, 0) is 0 Å². The molecule has 0 fully saturated rings. The highest BCUT2D eigenvalue weighted by Crippen LogP contribution is 1.90. The Kier molecular flexibility index (Phi) is 4.25. The molecule has 0 saturated heterocycles. The molecule has 2 atom stereocenters. The third-order valence-electron chi connectivity index (χ3n) is 0.383. The van der Waals surface area contributed by atoms with Crippen LogP contribution >= 0.6 is 0 Å². The Balaban J connectivity index is 3.64. The highest BCUT2D eigenvalue weighted by Gasteiger charge is 2.05. The summed E-state index contributed by atoms with van der Waals surface area (Å²) >= 11 is 0. The van der Waals surface area contributed by atoms with Crippen molar-refractivity contribution in [3.05, 3.63) is 0 Å². The van der Waals surface area contributed by atoms with Gasteiger partial charge >= 0.3 is 0 Å². The molecular weight excluding hydrogens is 152 g/mol. The van der Waals surface area contributed by atoms with Crippen molar-refractivity contribution in [2.75, 3.05) is 14.2 Å². The van der Waals surface area contributed by atoms with Crippen molar-refractivity contribution in [2.45, 2.75) is 0 Å². The van der Waals surface area contributed by atoms with Gasteiger partial charge in [0, 0.05) is 0 Å². The summed E-state index contributed by atoms with van der Waals surface area (Å²) < 4.78 is 28.7. The molecule has 2 unspecified atom stereocenters. The lowest BCUT2D eigenvalue weighted by molar-refractivity contribution is 0.432. The fourth-order valence-corrected chi connectivity index (χ4v) is 1.00. The van der Waals surface area contributed by atoms with Crippen LogP contribution in [0.4, 0.5) is 0 Å². The van der Waals surface area contributed by atoms with E-state index in [-0.39, 0.29) is 0 Å². The van der Waals surface area contributed by atoms with Gasteiger partial charge in [-0.15, -0.1) is 0 Å². The van der Waals surface area contributed by atoms with Gasteiger partial charge in [-0.25, -0.2) is 8.42 Å². The van der Waals surface area contributed by atoms with E-state index >= 15 is 0 Å². The zero-order valence-corrected chi connectivity index (χ0v) is 6.08. The third kappa shape index (κ3) is 2.51. The molecule has 6 heteroatoms. The highest BCUT2D eigenvalue weighted by atomic mass is 33.2. The fraction of sp³-hybridized carbons (Fsp3) is 1.00. The van der Waals surface area contributed by atoms with Gasteiger partial charge in [-0.2, -0.15) is 0 Å². The summed E-state index contributed by atoms with van der Waals surface area (Å²) in [7, 11) is -1.27. The molecule has 0 aromatic rings. The molecule has 4 nitrogen and oxygen atoms in total. The molecule has 0 aliphatic carbocycles. The molecule has 0 heterocycles. The van der Waals surface area contributed by atoms with E-state index in [1.165, 1.54) is 14.2 Å². The Labute approximate surface area is 51.9 Å². The van der Waals surface area contributed by atoms with Crippen molar-refractivity contribution in [2.24, 2.45) is 0 Å². The van der Waals surface area contributed by atoms with E-state index in [0.717, 1.165) is 0 Å². The van der Waals surface area contributed by atoms with Crippen LogP contribution in [0.5, 0.6) is 0 Å². The van der Waals surface area contributed by atoms with Crippen molar-refractivity contribution in [3.63, 3.8) is 0 Å². The monoisotopic (exact) mass is 158 g/mol. The second-order valence-corrected chi connectivity index (χ2v) is 3.86. The second kappa shape index (κ2) is 4.13. The zero-order valence-electron chi connectivity index (χ0n) is 4.45. The number of hydrogen-bond donors (Lipinski definition) is 0. The molecule has 0 spiro atoms. The average Bonchev–Trinajstić information content (AvgIpc) is 1.84. The molecular formula is C2H6O4S2. The van der Waals surface area contributed by atoms with Gasteiger partial charge in [0.05, 0.1) is 14.2 Å². The summed E-state index contributed by atoms with van der Waals surface area (Å²) in [4.78, 5) is 0. The molecule has 0 saturated carbocycles. The summed E-state index contributed by atoms with van der Waals surface area (Å²) in [6.45, 7) is 0. The average molecular weight is 158 g/mol. The number of rotatable bonds is 3. The molecule has 0 rings (SSSR count). The summed E-state index contributed by atoms with van der Waals surface area (Å²) in [6, 6.07) is 0. The van der Waals surface area contributed by atoms with Crippen molar-refractivity contribution in [1.82, 2.24) is 0 Å². The minimum atomic E-state index is -1.82. The molecule has 50 valence electrons. The Morgan fingerprint density at radius 3 is 1.38 bits per heavy atom. The first-order valence-corrected chi connectivity index (χ1v) is 4.32. The number of hydrogen-bond acceptors (Lipinski definition) is 4. The molecule has 0 aromatic carbocycles.